The maximum absolute atomic E-state index is 12.6. The molecule has 1 aromatic carbocycles. The van der Waals surface area contributed by atoms with E-state index >= 15 is 0 Å². The second-order valence-electron chi connectivity index (χ2n) is 8.26. The van der Waals surface area contributed by atoms with Crippen molar-refractivity contribution >= 4 is 23.4 Å². The molecule has 4 heteroatoms. The Bertz CT molecular complexity index is 741. The van der Waals surface area contributed by atoms with E-state index in [-0.39, 0.29) is 11.4 Å². The predicted molar refractivity (Wildman–Crippen MR) is 97.0 cm³/mol. The van der Waals surface area contributed by atoms with E-state index < -0.39 is 0 Å². The first-order chi connectivity index (χ1) is 11.9. The molecule has 0 N–H and O–H groups in total. The van der Waals surface area contributed by atoms with Gasteiger partial charge < -0.3 is 4.74 Å². The number of carbonyl (C=O) groups is 2. The van der Waals surface area contributed by atoms with Crippen molar-refractivity contribution in [1.29, 1.82) is 0 Å². The van der Waals surface area contributed by atoms with Crippen LogP contribution in [0.15, 0.2) is 12.1 Å². The summed E-state index contributed by atoms with van der Waals surface area (Å²) in [4.78, 5) is 23.9. The number of Topliss-reactive ketones (excluding diaryl/α,β-unsaturated/α-hetero) is 1. The van der Waals surface area contributed by atoms with Crippen LogP contribution in [0.25, 0.3) is 0 Å². The number of hydrogen-bond acceptors (Lipinski definition) is 3. The molecule has 1 aromatic rings. The van der Waals surface area contributed by atoms with Gasteiger partial charge in [-0.2, -0.15) is 0 Å². The molecule has 2 fully saturated rings. The van der Waals surface area contributed by atoms with Gasteiger partial charge in [0, 0.05) is 18.8 Å². The molecule has 0 saturated heterocycles. The predicted octanol–water partition coefficient (Wildman–Crippen LogP) is 5.08. The van der Waals surface area contributed by atoms with Gasteiger partial charge >= 0.3 is 5.97 Å². The molecular weight excluding hydrogens is 336 g/mol. The van der Waals surface area contributed by atoms with Crippen molar-refractivity contribution in [3.05, 3.63) is 28.3 Å². The first-order valence-corrected chi connectivity index (χ1v) is 9.82. The van der Waals surface area contributed by atoms with Gasteiger partial charge in [0.15, 0.2) is 0 Å². The SMILES string of the molecule is CC(=O)Oc1cc2c(cc1Cl)[C@H]1CC[C@]3(C)C(=O)CCC[C@H]3[C@@H]1CC2. The Hall–Kier alpha value is -1.35. The second kappa shape index (κ2) is 6.12. The van der Waals surface area contributed by atoms with Gasteiger partial charge in [-0.25, -0.2) is 0 Å². The quantitative estimate of drug-likeness (QED) is 0.518. The van der Waals surface area contributed by atoms with Crippen LogP contribution in [-0.4, -0.2) is 11.8 Å². The molecule has 0 radical (unpaired) electrons. The number of carbonyl (C=O) groups excluding carboxylic acids is 2. The summed E-state index contributed by atoms with van der Waals surface area (Å²) >= 11 is 6.39. The van der Waals surface area contributed by atoms with Gasteiger partial charge in [0.2, 0.25) is 0 Å². The number of fused-ring (bicyclic) bond motifs is 5. The molecule has 2 saturated carbocycles. The fourth-order valence-corrected chi connectivity index (χ4v) is 5.98. The van der Waals surface area contributed by atoms with E-state index in [1.165, 1.54) is 24.5 Å². The van der Waals surface area contributed by atoms with Gasteiger partial charge in [0.1, 0.15) is 11.5 Å². The molecule has 134 valence electrons. The summed E-state index contributed by atoms with van der Waals surface area (Å²) in [5.41, 5.74) is 2.46. The van der Waals surface area contributed by atoms with Gasteiger partial charge in [-0.15, -0.1) is 0 Å². The number of rotatable bonds is 1. The maximum Gasteiger partial charge on any atom is 0.308 e. The minimum absolute atomic E-state index is 0.113. The average molecular weight is 361 g/mol. The highest BCUT2D eigenvalue weighted by Gasteiger charge is 2.52. The number of benzene rings is 1. The van der Waals surface area contributed by atoms with Crippen LogP contribution >= 0.6 is 11.6 Å². The number of halogens is 1. The summed E-state index contributed by atoms with van der Waals surface area (Å²) in [6.45, 7) is 3.61. The average Bonchev–Trinajstić information content (AvgIpc) is 2.56. The Labute approximate surface area is 154 Å². The molecular formula is C21H25ClO3. The first kappa shape index (κ1) is 17.1. The lowest BCUT2D eigenvalue weighted by atomic mass is 9.50. The molecule has 0 bridgehead atoms. The monoisotopic (exact) mass is 360 g/mol. The van der Waals surface area contributed by atoms with E-state index in [9.17, 15) is 9.59 Å². The van der Waals surface area contributed by atoms with Gasteiger partial charge in [0.05, 0.1) is 5.02 Å². The second-order valence-corrected chi connectivity index (χ2v) is 8.67. The van der Waals surface area contributed by atoms with Crippen LogP contribution in [0, 0.1) is 17.3 Å². The molecule has 4 rings (SSSR count). The lowest BCUT2D eigenvalue weighted by Gasteiger charge is -2.53. The highest BCUT2D eigenvalue weighted by atomic mass is 35.5. The summed E-state index contributed by atoms with van der Waals surface area (Å²) in [6.07, 6.45) is 7.12. The van der Waals surface area contributed by atoms with Gasteiger partial charge in [-0.3, -0.25) is 9.59 Å². The first-order valence-electron chi connectivity index (χ1n) is 9.44. The molecule has 0 unspecified atom stereocenters. The van der Waals surface area contributed by atoms with Crippen LogP contribution in [0.2, 0.25) is 5.02 Å². The lowest BCUT2D eigenvalue weighted by molar-refractivity contribution is -0.140. The highest BCUT2D eigenvalue weighted by Crippen LogP contribution is 2.58. The van der Waals surface area contributed by atoms with Crippen molar-refractivity contribution in [2.75, 3.05) is 0 Å². The molecule has 0 aromatic heterocycles. The Kier molecular flexibility index (Phi) is 4.18. The zero-order chi connectivity index (χ0) is 17.8. The molecule has 0 heterocycles. The Morgan fingerprint density at radius 1 is 1.24 bits per heavy atom. The molecule has 25 heavy (non-hydrogen) atoms. The van der Waals surface area contributed by atoms with Gasteiger partial charge in [-0.1, -0.05) is 18.5 Å². The van der Waals surface area contributed by atoms with E-state index in [4.69, 9.17) is 16.3 Å². The number of esters is 1. The van der Waals surface area contributed by atoms with E-state index in [1.807, 2.05) is 12.1 Å². The summed E-state index contributed by atoms with van der Waals surface area (Å²) in [7, 11) is 0. The van der Waals surface area contributed by atoms with Crippen LogP contribution < -0.4 is 4.74 Å². The zero-order valence-corrected chi connectivity index (χ0v) is 15.7. The molecule has 4 atom stereocenters. The summed E-state index contributed by atoms with van der Waals surface area (Å²) in [6, 6.07) is 3.97. The molecule has 0 amide bonds. The Balaban J connectivity index is 1.68. The number of ketones is 1. The van der Waals surface area contributed by atoms with Crippen molar-refractivity contribution in [1.82, 2.24) is 0 Å². The fraction of sp³-hybridized carbons (Fsp3) is 0.619. The molecule has 3 aliphatic rings. The van der Waals surface area contributed by atoms with Crippen LogP contribution in [0.4, 0.5) is 0 Å². The van der Waals surface area contributed by atoms with Gasteiger partial charge in [0.25, 0.3) is 0 Å². The Morgan fingerprint density at radius 3 is 2.80 bits per heavy atom. The van der Waals surface area contributed by atoms with Gasteiger partial charge in [-0.05, 0) is 79.5 Å². The third-order valence-corrected chi connectivity index (χ3v) is 7.27. The van der Waals surface area contributed by atoms with E-state index in [0.29, 0.717) is 34.3 Å². The van der Waals surface area contributed by atoms with Crippen LogP contribution in [0.5, 0.6) is 5.75 Å². The maximum atomic E-state index is 12.6. The third-order valence-electron chi connectivity index (χ3n) is 6.98. The number of ether oxygens (including phenoxy) is 1. The molecule has 3 aliphatic carbocycles. The fourth-order valence-electron chi connectivity index (χ4n) is 5.77. The topological polar surface area (TPSA) is 43.4 Å². The summed E-state index contributed by atoms with van der Waals surface area (Å²) < 4.78 is 5.25. The number of hydrogen-bond donors (Lipinski definition) is 0. The zero-order valence-electron chi connectivity index (χ0n) is 14.9. The van der Waals surface area contributed by atoms with Crippen molar-refractivity contribution in [3.8, 4) is 5.75 Å². The minimum Gasteiger partial charge on any atom is -0.425 e. The Morgan fingerprint density at radius 2 is 2.04 bits per heavy atom. The van der Waals surface area contributed by atoms with Crippen molar-refractivity contribution < 1.29 is 14.3 Å². The normalized spacial score (nSPS) is 33.9. The van der Waals surface area contributed by atoms with E-state index in [0.717, 1.165) is 38.5 Å². The smallest absolute Gasteiger partial charge is 0.308 e. The lowest BCUT2D eigenvalue weighted by Crippen LogP contribution is -2.49. The van der Waals surface area contributed by atoms with Crippen LogP contribution in [-0.2, 0) is 16.0 Å². The summed E-state index contributed by atoms with van der Waals surface area (Å²) in [5.74, 6) is 2.18. The van der Waals surface area contributed by atoms with Crippen molar-refractivity contribution in [2.24, 2.45) is 17.3 Å². The van der Waals surface area contributed by atoms with Crippen molar-refractivity contribution in [3.63, 3.8) is 0 Å². The molecule has 3 nitrogen and oxygen atoms in total. The standard InChI is InChI=1S/C21H25ClO3/c1-12(23)25-19-10-13-6-7-15-14(16(13)11-18(19)22)8-9-21(2)17(15)4-3-5-20(21)24/h10-11,14-15,17H,3-9H2,1-2H3/t14-,15+,17-,21-/m0/s1. The third kappa shape index (κ3) is 2.71. The van der Waals surface area contributed by atoms with E-state index in [2.05, 4.69) is 6.92 Å². The minimum atomic E-state index is -0.343. The number of aryl methyl sites for hydroxylation is 1. The highest BCUT2D eigenvalue weighted by molar-refractivity contribution is 6.32. The molecule has 0 spiro atoms. The summed E-state index contributed by atoms with van der Waals surface area (Å²) in [5, 5.41) is 0.516. The van der Waals surface area contributed by atoms with E-state index in [1.54, 1.807) is 0 Å². The van der Waals surface area contributed by atoms with Crippen LogP contribution in [0.1, 0.15) is 69.4 Å². The molecule has 0 aliphatic heterocycles. The van der Waals surface area contributed by atoms with Crippen LogP contribution in [0.3, 0.4) is 0 Å². The van der Waals surface area contributed by atoms with Crippen molar-refractivity contribution in [2.45, 2.75) is 64.7 Å². The largest absolute Gasteiger partial charge is 0.425 e.